The SMILES string of the molecule is Cc1cccc(N(c2ccc3cc4c(cc3c2)oc2c4cc(C(C)C)c3c4cc5ccc(N(c6cccc(C)c6C)c6cccc(C)c6C)cc5cc4oc23)c2cccc(C)c2C)c1C. The number of nitrogens with zero attached hydrogens (tertiary/aromatic N) is 2. The molecule has 0 aliphatic rings. The third-order valence-electron chi connectivity index (χ3n) is 14.5. The Morgan fingerprint density at radius 1 is 0.369 bits per heavy atom. The van der Waals surface area contributed by atoms with Crippen LogP contribution in [0.15, 0.2) is 148 Å². The minimum Gasteiger partial charge on any atom is -0.452 e. The molecule has 0 aliphatic carbocycles. The van der Waals surface area contributed by atoms with Gasteiger partial charge in [-0.05, 0) is 212 Å². The minimum atomic E-state index is 0.263. The largest absolute Gasteiger partial charge is 0.452 e. The number of rotatable bonds is 7. The highest BCUT2D eigenvalue weighted by Crippen LogP contribution is 2.47. The lowest BCUT2D eigenvalue weighted by molar-refractivity contribution is 0.633. The van der Waals surface area contributed by atoms with Crippen LogP contribution in [0, 0.1) is 55.4 Å². The van der Waals surface area contributed by atoms with Gasteiger partial charge in [0.2, 0.25) is 0 Å². The number of benzene rings is 9. The molecule has 0 fully saturated rings. The molecule has 0 N–H and O–H groups in total. The fourth-order valence-corrected chi connectivity index (χ4v) is 10.1. The number of fused-ring (bicyclic) bond motifs is 9. The van der Waals surface area contributed by atoms with E-state index in [9.17, 15) is 0 Å². The van der Waals surface area contributed by atoms with Gasteiger partial charge >= 0.3 is 0 Å². The van der Waals surface area contributed by atoms with Crippen LogP contribution in [-0.2, 0) is 0 Å². The summed E-state index contributed by atoms with van der Waals surface area (Å²) in [6.45, 7) is 22.2. The topological polar surface area (TPSA) is 32.8 Å². The van der Waals surface area contributed by atoms with Gasteiger partial charge in [0, 0.05) is 55.7 Å². The summed E-state index contributed by atoms with van der Waals surface area (Å²) in [5.41, 5.74) is 21.7. The first-order chi connectivity index (χ1) is 31.4. The summed E-state index contributed by atoms with van der Waals surface area (Å²) in [7, 11) is 0. The van der Waals surface area contributed by atoms with Crippen LogP contribution in [0.5, 0.6) is 0 Å². The molecular weight excluding hydrogens is 793 g/mol. The fraction of sp³-hybridized carbons (Fsp3) is 0.180. The standard InChI is InChI=1S/C61H54N2O2/c1-34(2)49-33-51-50-29-43-23-25-47(62(53-19-11-15-35(3)39(53)7)54-20-12-16-36(4)40(54)8)27-45(43)31-57(50)64-60(51)61-59(49)52-30-44-24-26-48(28-46(44)32-58(52)65-61)63(55-21-13-17-37(5)41(55)9)56-22-14-18-38(6)42(56)10/h11-34H,1-10H3. The molecule has 0 atom stereocenters. The van der Waals surface area contributed by atoms with E-state index in [0.717, 1.165) is 66.0 Å². The van der Waals surface area contributed by atoms with Gasteiger partial charge in [-0.3, -0.25) is 0 Å². The molecule has 0 radical (unpaired) electrons. The summed E-state index contributed by atoms with van der Waals surface area (Å²) in [5, 5.41) is 9.00. The highest BCUT2D eigenvalue weighted by molar-refractivity contribution is 6.23. The van der Waals surface area contributed by atoms with Crippen molar-refractivity contribution < 1.29 is 8.83 Å². The maximum absolute atomic E-state index is 7.01. The predicted molar refractivity (Wildman–Crippen MR) is 277 cm³/mol. The van der Waals surface area contributed by atoms with E-state index in [2.05, 4.69) is 219 Å². The van der Waals surface area contributed by atoms with E-state index >= 15 is 0 Å². The molecule has 2 heterocycles. The summed E-state index contributed by atoms with van der Waals surface area (Å²) in [4.78, 5) is 4.83. The lowest BCUT2D eigenvalue weighted by atomic mass is 9.94. The van der Waals surface area contributed by atoms with Crippen molar-refractivity contribution in [2.24, 2.45) is 0 Å². The number of hydrogen-bond donors (Lipinski definition) is 0. The maximum atomic E-state index is 7.01. The van der Waals surface area contributed by atoms with Crippen molar-refractivity contribution in [1.82, 2.24) is 0 Å². The van der Waals surface area contributed by atoms with Crippen molar-refractivity contribution >= 4 is 99.5 Å². The van der Waals surface area contributed by atoms with Gasteiger partial charge in [-0.1, -0.05) is 74.5 Å². The lowest BCUT2D eigenvalue weighted by Crippen LogP contribution is -2.13. The molecule has 320 valence electrons. The van der Waals surface area contributed by atoms with Gasteiger partial charge in [-0.25, -0.2) is 0 Å². The van der Waals surface area contributed by atoms with Crippen LogP contribution in [0.1, 0.15) is 69.8 Å². The Kier molecular flexibility index (Phi) is 9.44. The van der Waals surface area contributed by atoms with Gasteiger partial charge < -0.3 is 18.6 Å². The van der Waals surface area contributed by atoms with E-state index in [1.807, 2.05) is 0 Å². The smallest absolute Gasteiger partial charge is 0.178 e. The lowest BCUT2D eigenvalue weighted by Gasteiger charge is -2.30. The summed E-state index contributed by atoms with van der Waals surface area (Å²) in [6, 6.07) is 51.4. The van der Waals surface area contributed by atoms with Gasteiger partial charge in [0.25, 0.3) is 0 Å². The Labute approximate surface area is 381 Å². The van der Waals surface area contributed by atoms with E-state index in [-0.39, 0.29) is 5.92 Å². The van der Waals surface area contributed by atoms with Crippen molar-refractivity contribution in [3.63, 3.8) is 0 Å². The van der Waals surface area contributed by atoms with Crippen molar-refractivity contribution in [1.29, 1.82) is 0 Å². The normalized spacial score (nSPS) is 12.0. The van der Waals surface area contributed by atoms with E-state index in [1.165, 1.54) is 83.6 Å². The quantitative estimate of drug-likeness (QED) is 0.160. The highest BCUT2D eigenvalue weighted by Gasteiger charge is 2.24. The average molecular weight is 847 g/mol. The number of aryl methyl sites for hydroxylation is 4. The number of anilines is 6. The molecule has 4 heteroatoms. The Hall–Kier alpha value is -7.30. The second-order valence-corrected chi connectivity index (χ2v) is 18.7. The van der Waals surface area contributed by atoms with E-state index < -0.39 is 0 Å². The molecule has 0 spiro atoms. The average Bonchev–Trinajstić information content (AvgIpc) is 3.85. The number of furan rings is 2. The van der Waals surface area contributed by atoms with Crippen LogP contribution in [0.2, 0.25) is 0 Å². The number of hydrogen-bond acceptors (Lipinski definition) is 4. The van der Waals surface area contributed by atoms with Gasteiger partial charge in [0.1, 0.15) is 11.2 Å². The minimum absolute atomic E-state index is 0.263. The first-order valence-corrected chi connectivity index (χ1v) is 22.9. The zero-order chi connectivity index (χ0) is 45.0. The van der Waals surface area contributed by atoms with Gasteiger partial charge in [-0.2, -0.15) is 0 Å². The Morgan fingerprint density at radius 3 is 1.20 bits per heavy atom. The second-order valence-electron chi connectivity index (χ2n) is 18.7. The van der Waals surface area contributed by atoms with Crippen LogP contribution in [0.4, 0.5) is 34.1 Å². The third kappa shape index (κ3) is 6.41. The van der Waals surface area contributed by atoms with E-state index in [1.54, 1.807) is 0 Å². The molecule has 2 aromatic heterocycles. The highest BCUT2D eigenvalue weighted by atomic mass is 16.4. The second kappa shape index (κ2) is 15.2. The fourth-order valence-electron chi connectivity index (χ4n) is 10.1. The third-order valence-corrected chi connectivity index (χ3v) is 14.5. The van der Waals surface area contributed by atoms with Crippen molar-refractivity contribution in [2.75, 3.05) is 9.80 Å². The van der Waals surface area contributed by atoms with Crippen molar-refractivity contribution in [2.45, 2.75) is 75.2 Å². The van der Waals surface area contributed by atoms with Crippen LogP contribution in [0.25, 0.3) is 65.4 Å². The molecule has 65 heavy (non-hydrogen) atoms. The molecule has 0 aliphatic heterocycles. The zero-order valence-electron chi connectivity index (χ0n) is 39.1. The Bertz CT molecular complexity index is 3650. The molecule has 9 aromatic carbocycles. The molecule has 0 bridgehead atoms. The monoisotopic (exact) mass is 846 g/mol. The summed E-state index contributed by atoms with van der Waals surface area (Å²) in [6.07, 6.45) is 0. The van der Waals surface area contributed by atoms with Crippen LogP contribution in [-0.4, -0.2) is 0 Å². The van der Waals surface area contributed by atoms with Crippen molar-refractivity contribution in [3.05, 3.63) is 190 Å². The molecule has 0 saturated heterocycles. The van der Waals surface area contributed by atoms with Crippen LogP contribution in [0.3, 0.4) is 0 Å². The molecule has 11 rings (SSSR count). The molecule has 0 saturated carbocycles. The van der Waals surface area contributed by atoms with E-state index in [0.29, 0.717) is 0 Å². The van der Waals surface area contributed by atoms with Crippen LogP contribution >= 0.6 is 0 Å². The van der Waals surface area contributed by atoms with Gasteiger partial charge in [0.15, 0.2) is 11.2 Å². The summed E-state index contributed by atoms with van der Waals surface area (Å²) in [5.74, 6) is 0.263. The van der Waals surface area contributed by atoms with Crippen LogP contribution < -0.4 is 9.80 Å². The predicted octanol–water partition coefficient (Wildman–Crippen LogP) is 18.3. The maximum Gasteiger partial charge on any atom is 0.178 e. The van der Waals surface area contributed by atoms with Crippen molar-refractivity contribution in [3.8, 4) is 0 Å². The van der Waals surface area contributed by atoms with E-state index in [4.69, 9.17) is 8.83 Å². The molecular formula is C61H54N2O2. The molecule has 0 unspecified atom stereocenters. The summed E-state index contributed by atoms with van der Waals surface area (Å²) >= 11 is 0. The molecule has 0 amide bonds. The molecule has 4 nitrogen and oxygen atoms in total. The molecule has 11 aromatic rings. The van der Waals surface area contributed by atoms with Gasteiger partial charge in [0.05, 0.1) is 0 Å². The summed E-state index contributed by atoms with van der Waals surface area (Å²) < 4.78 is 14.0. The Morgan fingerprint density at radius 2 is 0.769 bits per heavy atom. The first kappa shape index (κ1) is 40.5. The Balaban J connectivity index is 1.09. The first-order valence-electron chi connectivity index (χ1n) is 22.9. The van der Waals surface area contributed by atoms with Gasteiger partial charge in [-0.15, -0.1) is 0 Å². The zero-order valence-corrected chi connectivity index (χ0v) is 39.1.